The molecule has 0 bridgehead atoms. The third-order valence-electron chi connectivity index (χ3n) is 5.27. The van der Waals surface area contributed by atoms with Gasteiger partial charge in [-0.2, -0.15) is 18.0 Å². The standard InChI is InChI=1S/C20H27F4N5O2S/c1-14(15-6-7-18(17(21)10-15)27-32(2,30)31)12-25-13-16-11-19(20(22,23)24)26-29(16)28-8-4-3-5-9-28/h6-7,10-11,14,25,27H,3-5,8-9,12-13H2,1-2H3. The summed E-state index contributed by atoms with van der Waals surface area (Å²) in [5.74, 6) is -0.858. The fraction of sp³-hybridized carbons (Fsp3) is 0.550. The number of aromatic nitrogens is 2. The normalized spacial score (nSPS) is 16.2. The number of rotatable bonds is 8. The van der Waals surface area contributed by atoms with Crippen molar-refractivity contribution in [2.24, 2.45) is 0 Å². The van der Waals surface area contributed by atoms with Crippen LogP contribution in [0, 0.1) is 5.82 Å². The Labute approximate surface area is 184 Å². The summed E-state index contributed by atoms with van der Waals surface area (Å²) in [6.45, 7) is 3.69. The summed E-state index contributed by atoms with van der Waals surface area (Å²) in [7, 11) is -3.59. The number of hydrogen-bond donors (Lipinski definition) is 2. The molecule has 1 unspecified atom stereocenters. The maximum atomic E-state index is 14.2. The molecule has 1 saturated heterocycles. The molecular formula is C20H27F4N5O2S. The molecule has 1 aliphatic rings. The van der Waals surface area contributed by atoms with Crippen LogP contribution >= 0.6 is 0 Å². The number of sulfonamides is 1. The Hall–Kier alpha value is -2.34. The van der Waals surface area contributed by atoms with Crippen molar-refractivity contribution in [2.75, 3.05) is 35.6 Å². The van der Waals surface area contributed by atoms with E-state index in [4.69, 9.17) is 0 Å². The molecule has 1 aromatic carbocycles. The average Bonchev–Trinajstić information content (AvgIpc) is 3.14. The van der Waals surface area contributed by atoms with Gasteiger partial charge in [-0.1, -0.05) is 13.0 Å². The number of hydrogen-bond acceptors (Lipinski definition) is 5. The van der Waals surface area contributed by atoms with Crippen LogP contribution in [0.3, 0.4) is 0 Å². The minimum atomic E-state index is -4.53. The molecule has 0 saturated carbocycles. The van der Waals surface area contributed by atoms with Gasteiger partial charge in [0.05, 0.1) is 17.6 Å². The van der Waals surface area contributed by atoms with Gasteiger partial charge in [0.2, 0.25) is 10.0 Å². The zero-order valence-corrected chi connectivity index (χ0v) is 18.7. The van der Waals surface area contributed by atoms with Crippen molar-refractivity contribution in [3.05, 3.63) is 47.0 Å². The molecule has 1 aliphatic heterocycles. The van der Waals surface area contributed by atoms with E-state index in [2.05, 4.69) is 15.1 Å². The van der Waals surface area contributed by atoms with E-state index >= 15 is 0 Å². The van der Waals surface area contributed by atoms with Crippen LogP contribution in [0.1, 0.15) is 49.1 Å². The smallest absolute Gasteiger partial charge is 0.311 e. The van der Waals surface area contributed by atoms with Crippen molar-refractivity contribution < 1.29 is 26.0 Å². The quantitative estimate of drug-likeness (QED) is 0.570. The average molecular weight is 478 g/mol. The summed E-state index contributed by atoms with van der Waals surface area (Å²) in [5.41, 5.74) is -0.0228. The first kappa shape index (κ1) is 24.3. The van der Waals surface area contributed by atoms with E-state index in [0.29, 0.717) is 30.9 Å². The van der Waals surface area contributed by atoms with Gasteiger partial charge in [0.25, 0.3) is 0 Å². The fourth-order valence-corrected chi connectivity index (χ4v) is 4.20. The molecule has 2 N–H and O–H groups in total. The monoisotopic (exact) mass is 477 g/mol. The number of piperidine rings is 1. The Kier molecular flexibility index (Phi) is 7.33. The first-order valence-electron chi connectivity index (χ1n) is 10.3. The Morgan fingerprint density at radius 1 is 1.16 bits per heavy atom. The van der Waals surface area contributed by atoms with Crippen molar-refractivity contribution in [3.63, 3.8) is 0 Å². The molecule has 1 atom stereocenters. The summed E-state index contributed by atoms with van der Waals surface area (Å²) >= 11 is 0. The zero-order chi connectivity index (χ0) is 23.5. The van der Waals surface area contributed by atoms with Gasteiger partial charge in [-0.3, -0.25) is 9.73 Å². The van der Waals surface area contributed by atoms with Gasteiger partial charge in [-0.15, -0.1) is 5.10 Å². The summed E-state index contributed by atoms with van der Waals surface area (Å²) in [4.78, 5) is 1.35. The minimum absolute atomic E-state index is 0.137. The van der Waals surface area contributed by atoms with Crippen molar-refractivity contribution in [1.29, 1.82) is 0 Å². The molecule has 0 radical (unpaired) electrons. The Balaban J connectivity index is 1.66. The number of halogens is 4. The predicted octanol–water partition coefficient (Wildman–Crippen LogP) is 3.43. The first-order chi connectivity index (χ1) is 14.9. The highest BCUT2D eigenvalue weighted by Gasteiger charge is 2.35. The van der Waals surface area contributed by atoms with Crippen molar-refractivity contribution in [1.82, 2.24) is 15.2 Å². The summed E-state index contributed by atoms with van der Waals surface area (Å²) < 4.78 is 78.5. The van der Waals surface area contributed by atoms with E-state index < -0.39 is 27.7 Å². The highest BCUT2D eigenvalue weighted by Crippen LogP contribution is 2.29. The molecule has 178 valence electrons. The number of anilines is 1. The largest absolute Gasteiger partial charge is 0.435 e. The summed E-state index contributed by atoms with van der Waals surface area (Å²) in [5, 5.41) is 8.73. The molecule has 0 amide bonds. The first-order valence-corrected chi connectivity index (χ1v) is 12.2. The molecule has 0 spiro atoms. The van der Waals surface area contributed by atoms with Crippen LogP contribution < -0.4 is 15.0 Å². The second-order valence-electron chi connectivity index (χ2n) is 8.07. The van der Waals surface area contributed by atoms with Crippen molar-refractivity contribution in [2.45, 2.75) is 44.8 Å². The van der Waals surface area contributed by atoms with Crippen LogP contribution in [0.2, 0.25) is 0 Å². The molecular weight excluding hydrogens is 450 g/mol. The number of benzene rings is 1. The van der Waals surface area contributed by atoms with Crippen LogP contribution in [0.25, 0.3) is 0 Å². The van der Waals surface area contributed by atoms with Gasteiger partial charge < -0.3 is 5.32 Å². The van der Waals surface area contributed by atoms with Gasteiger partial charge >= 0.3 is 6.18 Å². The second kappa shape index (κ2) is 9.65. The SMILES string of the molecule is CC(CNCc1cc(C(F)(F)F)nn1N1CCCCC1)c1ccc(NS(C)(=O)=O)c(F)c1. The summed E-state index contributed by atoms with van der Waals surface area (Å²) in [6.07, 6.45) is -0.736. The highest BCUT2D eigenvalue weighted by atomic mass is 32.2. The van der Waals surface area contributed by atoms with E-state index in [-0.39, 0.29) is 18.2 Å². The fourth-order valence-electron chi connectivity index (χ4n) is 3.64. The third kappa shape index (κ3) is 6.35. The van der Waals surface area contributed by atoms with Gasteiger partial charge in [-0.05, 0) is 48.9 Å². The maximum absolute atomic E-state index is 14.2. The second-order valence-corrected chi connectivity index (χ2v) is 9.82. The lowest BCUT2D eigenvalue weighted by Crippen LogP contribution is -2.41. The summed E-state index contributed by atoms with van der Waals surface area (Å²) in [6, 6.07) is 5.27. The number of nitrogens with zero attached hydrogens (tertiary/aromatic N) is 3. The van der Waals surface area contributed by atoms with E-state index in [1.807, 2.05) is 11.9 Å². The Morgan fingerprint density at radius 2 is 1.84 bits per heavy atom. The molecule has 1 fully saturated rings. The molecule has 0 aliphatic carbocycles. The topological polar surface area (TPSA) is 79.3 Å². The number of alkyl halides is 3. The van der Waals surface area contributed by atoms with Crippen LogP contribution in [-0.2, 0) is 22.7 Å². The molecule has 2 heterocycles. The van der Waals surface area contributed by atoms with Crippen LogP contribution in [0.4, 0.5) is 23.2 Å². The van der Waals surface area contributed by atoms with Crippen LogP contribution in [-0.4, -0.2) is 44.2 Å². The van der Waals surface area contributed by atoms with Crippen molar-refractivity contribution in [3.8, 4) is 0 Å². The molecule has 1 aromatic heterocycles. The van der Waals surface area contributed by atoms with E-state index in [1.165, 1.54) is 16.9 Å². The minimum Gasteiger partial charge on any atom is -0.311 e. The van der Waals surface area contributed by atoms with Crippen molar-refractivity contribution >= 4 is 15.7 Å². The third-order valence-corrected chi connectivity index (χ3v) is 5.86. The highest BCUT2D eigenvalue weighted by molar-refractivity contribution is 7.92. The molecule has 3 rings (SSSR count). The maximum Gasteiger partial charge on any atom is 0.435 e. The van der Waals surface area contributed by atoms with Gasteiger partial charge in [-0.25, -0.2) is 12.8 Å². The van der Waals surface area contributed by atoms with Gasteiger partial charge in [0, 0.05) is 26.2 Å². The van der Waals surface area contributed by atoms with Crippen LogP contribution in [0.15, 0.2) is 24.3 Å². The lowest BCUT2D eigenvalue weighted by molar-refractivity contribution is -0.141. The molecule has 7 nitrogen and oxygen atoms in total. The van der Waals surface area contributed by atoms with Gasteiger partial charge in [0.1, 0.15) is 5.82 Å². The van der Waals surface area contributed by atoms with E-state index in [1.54, 1.807) is 6.07 Å². The molecule has 32 heavy (non-hydrogen) atoms. The Bertz CT molecular complexity index is 1030. The lowest BCUT2D eigenvalue weighted by Gasteiger charge is -2.30. The van der Waals surface area contributed by atoms with Crippen LogP contribution in [0.5, 0.6) is 0 Å². The van der Waals surface area contributed by atoms with Gasteiger partial charge in [0.15, 0.2) is 5.69 Å². The zero-order valence-electron chi connectivity index (χ0n) is 17.9. The lowest BCUT2D eigenvalue weighted by atomic mass is 10.0. The Morgan fingerprint density at radius 3 is 2.44 bits per heavy atom. The van der Waals surface area contributed by atoms with E-state index in [9.17, 15) is 26.0 Å². The number of nitrogens with one attached hydrogen (secondary N) is 2. The molecule has 12 heteroatoms. The van der Waals surface area contributed by atoms with E-state index in [0.717, 1.165) is 31.6 Å². The molecule has 2 aromatic rings. The predicted molar refractivity (Wildman–Crippen MR) is 114 cm³/mol.